The first kappa shape index (κ1) is 16.1. The van der Waals surface area contributed by atoms with Gasteiger partial charge in [-0.3, -0.25) is 0 Å². The predicted octanol–water partition coefficient (Wildman–Crippen LogP) is -8.87. The molecule has 0 rings (SSSR count). The average molecular weight is 283 g/mol. The van der Waals surface area contributed by atoms with E-state index < -0.39 is 14.5 Å². The Morgan fingerprint density at radius 2 is 1.33 bits per heavy atom. The van der Waals surface area contributed by atoms with Crippen molar-refractivity contribution in [2.24, 2.45) is 0 Å². The van der Waals surface area contributed by atoms with Gasteiger partial charge in [-0.2, -0.15) is 0 Å². The normalized spacial score (nSPS) is 5.83. The van der Waals surface area contributed by atoms with E-state index >= 15 is 0 Å². The van der Waals surface area contributed by atoms with Crippen LogP contribution in [0.2, 0.25) is 0 Å². The maximum Gasteiger partial charge on any atom is 1.00 e. The van der Waals surface area contributed by atoms with E-state index in [1.807, 2.05) is 0 Å². The fourth-order valence-corrected chi connectivity index (χ4v) is 0. The van der Waals surface area contributed by atoms with Crippen molar-refractivity contribution in [1.29, 1.82) is 0 Å². The summed E-state index contributed by atoms with van der Waals surface area (Å²) in [7, 11) is 0. The summed E-state index contributed by atoms with van der Waals surface area (Å²) in [5, 5.41) is 0. The topological polar surface area (TPSA) is 63.2 Å². The molecule has 6 heavy (non-hydrogen) atoms. The largest absolute Gasteiger partial charge is 1.00 e. The van der Waals surface area contributed by atoms with Crippen LogP contribution in [0.1, 0.15) is 0 Å². The summed E-state index contributed by atoms with van der Waals surface area (Å²) in [5.41, 5.74) is 0. The van der Waals surface area contributed by atoms with Crippen molar-refractivity contribution in [3.05, 3.63) is 0 Å². The molecule has 0 fully saturated rings. The maximum atomic E-state index is 8.54. The second-order valence-electron chi connectivity index (χ2n) is 0.204. The third-order valence-corrected chi connectivity index (χ3v) is 0. The van der Waals surface area contributed by atoms with Gasteiger partial charge in [0.1, 0.15) is 0 Å². The summed E-state index contributed by atoms with van der Waals surface area (Å²) in [5.74, 6) is 0. The maximum absolute atomic E-state index is 8.54. The monoisotopic (exact) mass is 284 g/mol. The first-order chi connectivity index (χ1) is 1.73. The third kappa shape index (κ3) is 26.6. The third-order valence-electron chi connectivity index (χ3n) is 0. The van der Waals surface area contributed by atoms with E-state index in [1.165, 1.54) is 0 Å². The summed E-state index contributed by atoms with van der Waals surface area (Å²) in [6.07, 6.45) is 0. The van der Waals surface area contributed by atoms with Gasteiger partial charge in [0, 0.05) is 0 Å². The molecule has 6 heteroatoms. The van der Waals surface area contributed by atoms with Crippen LogP contribution >= 0.6 is 0 Å². The molecular formula is CsNaO3Se. The first-order valence-electron chi connectivity index (χ1n) is 0.500. The fourth-order valence-electron chi connectivity index (χ4n) is 0. The Labute approximate surface area is 121 Å². The Balaban J connectivity index is -0.0000000450. The van der Waals surface area contributed by atoms with Crippen LogP contribution in [0.5, 0.6) is 0 Å². The van der Waals surface area contributed by atoms with Crippen LogP contribution in [0.3, 0.4) is 0 Å². The van der Waals surface area contributed by atoms with Gasteiger partial charge in [0.2, 0.25) is 0 Å². The molecule has 0 amide bonds. The molecule has 3 nitrogen and oxygen atoms in total. The van der Waals surface area contributed by atoms with Gasteiger partial charge in [0.25, 0.3) is 0 Å². The standard InChI is InChI=1S/Cs.Na.H2O3Se/c;;1-4(2)3/h;;(H2,1,2,3)/q2*+1;/p-2. The molecule has 0 saturated heterocycles. The van der Waals surface area contributed by atoms with Crippen molar-refractivity contribution in [2.75, 3.05) is 0 Å². The molecular weight excluding hydrogens is 283 g/mol. The Morgan fingerprint density at radius 1 is 1.33 bits per heavy atom. The zero-order valence-corrected chi connectivity index (χ0v) is 13.6. The van der Waals surface area contributed by atoms with Crippen molar-refractivity contribution in [1.82, 2.24) is 0 Å². The molecule has 0 radical (unpaired) electrons. The SMILES string of the molecule is O=[Se]([O-])[O-].[Cs+].[Na+]. The summed E-state index contributed by atoms with van der Waals surface area (Å²) in [6, 6.07) is 0. The van der Waals surface area contributed by atoms with E-state index in [9.17, 15) is 0 Å². The molecule has 26 valence electrons. The van der Waals surface area contributed by atoms with Crippen LogP contribution in [0.15, 0.2) is 0 Å². The van der Waals surface area contributed by atoms with Crippen molar-refractivity contribution < 1.29 is 111 Å². The van der Waals surface area contributed by atoms with Gasteiger partial charge >= 0.3 is 125 Å². The van der Waals surface area contributed by atoms with Crippen molar-refractivity contribution in [3.8, 4) is 0 Å². The Morgan fingerprint density at radius 3 is 1.33 bits per heavy atom. The second kappa shape index (κ2) is 11.1. The van der Waals surface area contributed by atoms with Crippen LogP contribution in [-0.2, 0) is 3.83 Å². The van der Waals surface area contributed by atoms with Gasteiger partial charge < -0.3 is 0 Å². The fraction of sp³-hybridized carbons (Fsp3) is 0. The zero-order valence-electron chi connectivity index (χ0n) is 3.63. The number of hydrogen-bond acceptors (Lipinski definition) is 3. The Kier molecular flexibility index (Phi) is 30.0. The summed E-state index contributed by atoms with van der Waals surface area (Å²) >= 11 is -3.79. The molecule has 0 aliphatic rings. The summed E-state index contributed by atoms with van der Waals surface area (Å²) in [6.45, 7) is 0. The van der Waals surface area contributed by atoms with E-state index in [4.69, 9.17) is 12.2 Å². The van der Waals surface area contributed by atoms with Crippen LogP contribution < -0.4 is 107 Å². The van der Waals surface area contributed by atoms with E-state index in [-0.39, 0.29) is 98.5 Å². The molecule has 0 N–H and O–H groups in total. The Bertz CT molecular complexity index is 33.8. The van der Waals surface area contributed by atoms with E-state index in [0.717, 1.165) is 0 Å². The molecule has 0 atom stereocenters. The van der Waals surface area contributed by atoms with Crippen molar-refractivity contribution in [2.45, 2.75) is 0 Å². The average Bonchev–Trinajstić information content (AvgIpc) is 0.811. The van der Waals surface area contributed by atoms with Crippen LogP contribution in [-0.4, -0.2) is 14.5 Å². The summed E-state index contributed by atoms with van der Waals surface area (Å²) in [4.78, 5) is 0. The number of rotatable bonds is 0. The van der Waals surface area contributed by atoms with Gasteiger partial charge in [0.05, 0.1) is 0 Å². The van der Waals surface area contributed by atoms with Crippen LogP contribution in [0, 0.1) is 0 Å². The zero-order chi connectivity index (χ0) is 3.58. The number of hydrogen-bond donors (Lipinski definition) is 0. The quantitative estimate of drug-likeness (QED) is 0.415. The minimum absolute atomic E-state index is 0. The molecule has 0 aromatic heterocycles. The first-order valence-corrected chi connectivity index (χ1v) is 2.60. The molecule has 0 spiro atoms. The van der Waals surface area contributed by atoms with E-state index in [2.05, 4.69) is 0 Å². The molecule has 0 unspecified atom stereocenters. The predicted molar refractivity (Wildman–Crippen MR) is 6.44 cm³/mol. The Hall–Kier alpha value is 3.29. The molecule has 0 aromatic rings. The van der Waals surface area contributed by atoms with Crippen molar-refractivity contribution >= 4 is 14.5 Å². The minimum atomic E-state index is -3.79. The van der Waals surface area contributed by atoms with Gasteiger partial charge in [-0.25, -0.2) is 0 Å². The second-order valence-corrected chi connectivity index (χ2v) is 1.06. The van der Waals surface area contributed by atoms with Gasteiger partial charge in [-0.1, -0.05) is 0 Å². The van der Waals surface area contributed by atoms with Gasteiger partial charge in [0.15, 0.2) is 0 Å². The minimum Gasteiger partial charge on any atom is 1.00 e. The molecule has 0 saturated carbocycles. The summed E-state index contributed by atoms with van der Waals surface area (Å²) < 4.78 is 25.6. The smallest absolute Gasteiger partial charge is 1.00 e. The van der Waals surface area contributed by atoms with Gasteiger partial charge in [-0.05, 0) is 0 Å². The molecule has 0 aliphatic heterocycles. The molecule has 0 aromatic carbocycles. The van der Waals surface area contributed by atoms with Crippen LogP contribution in [0.25, 0.3) is 0 Å². The van der Waals surface area contributed by atoms with Crippen molar-refractivity contribution in [3.63, 3.8) is 0 Å². The van der Waals surface area contributed by atoms with Gasteiger partial charge in [-0.15, -0.1) is 0 Å². The van der Waals surface area contributed by atoms with E-state index in [1.54, 1.807) is 0 Å². The molecule has 0 bridgehead atoms. The van der Waals surface area contributed by atoms with E-state index in [0.29, 0.717) is 0 Å². The van der Waals surface area contributed by atoms with Crippen LogP contribution in [0.4, 0.5) is 0 Å². The molecule has 0 heterocycles. The molecule has 0 aliphatic carbocycles.